The molecule has 0 spiro atoms. The van der Waals surface area contributed by atoms with Crippen molar-refractivity contribution >= 4 is 11.9 Å². The monoisotopic (exact) mass is 320 g/mol. The fourth-order valence-electron chi connectivity index (χ4n) is 2.27. The maximum atomic E-state index is 14.2. The molecule has 0 radical (unpaired) electrons. The van der Waals surface area contributed by atoms with E-state index in [0.717, 1.165) is 32.1 Å². The lowest BCUT2D eigenvalue weighted by Gasteiger charge is -2.31. The molecule has 0 aromatic carbocycles. The molecular formula is C16H26F2O4. The summed E-state index contributed by atoms with van der Waals surface area (Å²) in [5.74, 6) is -5.62. The highest BCUT2D eigenvalue weighted by Crippen LogP contribution is 2.41. The number of hydrogen-bond donors (Lipinski definition) is 0. The Morgan fingerprint density at radius 2 is 1.36 bits per heavy atom. The molecule has 0 saturated carbocycles. The quantitative estimate of drug-likeness (QED) is 0.636. The predicted octanol–water partition coefficient (Wildman–Crippen LogP) is 3.87. The van der Waals surface area contributed by atoms with E-state index >= 15 is 0 Å². The molecule has 0 aromatic rings. The second-order valence-corrected chi connectivity index (χ2v) is 6.44. The van der Waals surface area contributed by atoms with Crippen LogP contribution in [0, 0.1) is 5.41 Å². The third kappa shape index (κ3) is 5.54. The Bertz CT molecular complexity index is 380. The molecule has 1 rings (SSSR count). The lowest BCUT2D eigenvalue weighted by atomic mass is 9.81. The van der Waals surface area contributed by atoms with Crippen molar-refractivity contribution in [2.75, 3.05) is 13.2 Å². The maximum Gasteiger partial charge on any atom is 0.377 e. The van der Waals surface area contributed by atoms with Crippen LogP contribution in [0.2, 0.25) is 0 Å². The SMILES string of the molecule is CC1(C)CCC(=O)OCCCCCCCCOC(=O)C1(F)F. The van der Waals surface area contributed by atoms with Gasteiger partial charge in [-0.15, -0.1) is 0 Å². The van der Waals surface area contributed by atoms with Gasteiger partial charge < -0.3 is 9.47 Å². The average molecular weight is 320 g/mol. The van der Waals surface area contributed by atoms with Crippen molar-refractivity contribution in [2.45, 2.75) is 71.1 Å². The van der Waals surface area contributed by atoms with Crippen molar-refractivity contribution < 1.29 is 27.8 Å². The van der Waals surface area contributed by atoms with E-state index in [0.29, 0.717) is 13.0 Å². The van der Waals surface area contributed by atoms with Crippen molar-refractivity contribution in [3.05, 3.63) is 0 Å². The van der Waals surface area contributed by atoms with Gasteiger partial charge >= 0.3 is 17.9 Å². The molecule has 0 N–H and O–H groups in total. The van der Waals surface area contributed by atoms with Crippen LogP contribution in [0.4, 0.5) is 8.78 Å². The summed E-state index contributed by atoms with van der Waals surface area (Å²) in [5.41, 5.74) is -1.65. The minimum atomic E-state index is -3.62. The van der Waals surface area contributed by atoms with Crippen LogP contribution in [-0.4, -0.2) is 31.1 Å². The molecule has 1 saturated heterocycles. The first kappa shape index (κ1) is 18.8. The molecule has 1 heterocycles. The minimum Gasteiger partial charge on any atom is -0.466 e. The Kier molecular flexibility index (Phi) is 7.23. The number of halogens is 2. The summed E-state index contributed by atoms with van der Waals surface area (Å²) in [6, 6.07) is 0. The smallest absolute Gasteiger partial charge is 0.377 e. The number of carbonyl (C=O) groups is 2. The van der Waals surface area contributed by atoms with Crippen LogP contribution in [0.1, 0.15) is 65.2 Å². The molecule has 1 fully saturated rings. The highest BCUT2D eigenvalue weighted by molar-refractivity contribution is 5.78. The van der Waals surface area contributed by atoms with Crippen LogP contribution < -0.4 is 0 Å². The van der Waals surface area contributed by atoms with E-state index in [-0.39, 0.29) is 19.4 Å². The van der Waals surface area contributed by atoms with Crippen molar-refractivity contribution in [1.29, 1.82) is 0 Å². The molecule has 0 atom stereocenters. The minimum absolute atomic E-state index is 0.0204. The first-order valence-electron chi connectivity index (χ1n) is 7.98. The van der Waals surface area contributed by atoms with E-state index in [9.17, 15) is 18.4 Å². The number of hydrogen-bond acceptors (Lipinski definition) is 4. The number of carbonyl (C=O) groups excluding carboxylic acids is 2. The van der Waals surface area contributed by atoms with E-state index in [1.54, 1.807) is 0 Å². The van der Waals surface area contributed by atoms with Crippen LogP contribution in [0.3, 0.4) is 0 Å². The molecule has 1 aliphatic rings. The van der Waals surface area contributed by atoms with Crippen LogP contribution in [0.15, 0.2) is 0 Å². The molecule has 6 heteroatoms. The van der Waals surface area contributed by atoms with Crippen LogP contribution in [0.5, 0.6) is 0 Å². The normalized spacial score (nSPS) is 25.1. The molecule has 22 heavy (non-hydrogen) atoms. The maximum absolute atomic E-state index is 14.2. The standard InChI is InChI=1S/C16H26F2O4/c1-15(2)10-9-13(19)21-11-7-5-3-4-6-8-12-22-14(20)16(15,17)18/h3-12H2,1-2H3. The number of alkyl halides is 2. The summed E-state index contributed by atoms with van der Waals surface area (Å²) in [7, 11) is 0. The highest BCUT2D eigenvalue weighted by atomic mass is 19.3. The van der Waals surface area contributed by atoms with Gasteiger partial charge in [0.15, 0.2) is 0 Å². The van der Waals surface area contributed by atoms with E-state index in [4.69, 9.17) is 9.47 Å². The summed E-state index contributed by atoms with van der Waals surface area (Å²) in [6.07, 6.45) is 4.88. The summed E-state index contributed by atoms with van der Waals surface area (Å²) in [5, 5.41) is 0. The van der Waals surface area contributed by atoms with E-state index in [2.05, 4.69) is 0 Å². The van der Waals surface area contributed by atoms with Crippen LogP contribution in [0.25, 0.3) is 0 Å². The second kappa shape index (κ2) is 8.44. The van der Waals surface area contributed by atoms with Gasteiger partial charge in [-0.05, 0) is 19.3 Å². The van der Waals surface area contributed by atoms with Crippen molar-refractivity contribution in [2.24, 2.45) is 5.41 Å². The van der Waals surface area contributed by atoms with Gasteiger partial charge in [0.2, 0.25) is 0 Å². The molecule has 0 amide bonds. The lowest BCUT2D eigenvalue weighted by molar-refractivity contribution is -0.192. The van der Waals surface area contributed by atoms with Gasteiger partial charge in [-0.25, -0.2) is 4.79 Å². The van der Waals surface area contributed by atoms with E-state index in [1.165, 1.54) is 13.8 Å². The van der Waals surface area contributed by atoms with Gasteiger partial charge in [0.05, 0.1) is 13.2 Å². The van der Waals surface area contributed by atoms with E-state index < -0.39 is 23.3 Å². The lowest BCUT2D eigenvalue weighted by Crippen LogP contribution is -2.45. The zero-order valence-electron chi connectivity index (χ0n) is 13.5. The molecular weight excluding hydrogens is 294 g/mol. The average Bonchev–Trinajstić information content (AvgIpc) is 2.45. The molecule has 1 aliphatic heterocycles. The van der Waals surface area contributed by atoms with Gasteiger partial charge in [0.1, 0.15) is 0 Å². The Balaban J connectivity index is 2.69. The number of esters is 2. The number of ether oxygens (including phenoxy) is 2. The largest absolute Gasteiger partial charge is 0.466 e. The number of cyclic esters (lactones) is 2. The fourth-order valence-corrected chi connectivity index (χ4v) is 2.27. The van der Waals surface area contributed by atoms with Gasteiger partial charge in [-0.1, -0.05) is 39.5 Å². The van der Waals surface area contributed by atoms with Gasteiger partial charge in [0.25, 0.3) is 0 Å². The van der Waals surface area contributed by atoms with Gasteiger partial charge in [-0.2, -0.15) is 8.78 Å². The van der Waals surface area contributed by atoms with E-state index in [1.807, 2.05) is 0 Å². The Hall–Kier alpha value is -1.20. The molecule has 0 unspecified atom stereocenters. The molecule has 0 bridgehead atoms. The summed E-state index contributed by atoms with van der Waals surface area (Å²) >= 11 is 0. The fraction of sp³-hybridized carbons (Fsp3) is 0.875. The zero-order valence-corrected chi connectivity index (χ0v) is 13.5. The first-order chi connectivity index (χ1) is 10.3. The van der Waals surface area contributed by atoms with Gasteiger partial charge in [0, 0.05) is 11.8 Å². The predicted molar refractivity (Wildman–Crippen MR) is 77.6 cm³/mol. The third-order valence-corrected chi connectivity index (χ3v) is 4.10. The van der Waals surface area contributed by atoms with Crippen molar-refractivity contribution in [3.8, 4) is 0 Å². The van der Waals surface area contributed by atoms with Crippen molar-refractivity contribution in [1.82, 2.24) is 0 Å². The second-order valence-electron chi connectivity index (χ2n) is 6.44. The molecule has 128 valence electrons. The summed E-state index contributed by atoms with van der Waals surface area (Å²) in [6.45, 7) is 2.89. The number of rotatable bonds is 0. The van der Waals surface area contributed by atoms with Crippen LogP contribution >= 0.6 is 0 Å². The molecule has 0 aromatic heterocycles. The third-order valence-electron chi connectivity index (χ3n) is 4.10. The summed E-state index contributed by atoms with van der Waals surface area (Å²) < 4.78 is 38.1. The molecule has 0 aliphatic carbocycles. The molecule has 4 nitrogen and oxygen atoms in total. The Morgan fingerprint density at radius 3 is 1.95 bits per heavy atom. The van der Waals surface area contributed by atoms with Gasteiger partial charge in [-0.3, -0.25) is 4.79 Å². The summed E-state index contributed by atoms with van der Waals surface area (Å²) in [4.78, 5) is 23.2. The highest BCUT2D eigenvalue weighted by Gasteiger charge is 2.54. The Labute approximate surface area is 130 Å². The topological polar surface area (TPSA) is 52.6 Å². The first-order valence-corrected chi connectivity index (χ1v) is 7.98. The zero-order chi connectivity index (χ0) is 16.6. The van der Waals surface area contributed by atoms with Crippen LogP contribution in [-0.2, 0) is 19.1 Å². The Morgan fingerprint density at radius 1 is 0.864 bits per heavy atom. The van der Waals surface area contributed by atoms with Crippen molar-refractivity contribution in [3.63, 3.8) is 0 Å².